The molecule has 21 heavy (non-hydrogen) atoms. The van der Waals surface area contributed by atoms with Crippen LogP contribution in [-0.4, -0.2) is 54.2 Å². The van der Waals surface area contributed by atoms with Crippen LogP contribution in [-0.2, 0) is 9.59 Å². The summed E-state index contributed by atoms with van der Waals surface area (Å²) >= 11 is 1.41. The molecule has 3 rings (SSSR count). The van der Waals surface area contributed by atoms with Crippen molar-refractivity contribution in [2.75, 3.05) is 6.61 Å². The van der Waals surface area contributed by atoms with Gasteiger partial charge >= 0.3 is 5.97 Å². The van der Waals surface area contributed by atoms with Crippen LogP contribution in [0.2, 0.25) is 0 Å². The van der Waals surface area contributed by atoms with Crippen molar-refractivity contribution < 1.29 is 19.8 Å². The van der Waals surface area contributed by atoms with Crippen LogP contribution in [0, 0.1) is 0 Å². The van der Waals surface area contributed by atoms with Gasteiger partial charge in [0.1, 0.15) is 5.92 Å². The molecule has 0 spiro atoms. The molecule has 0 aromatic carbocycles. The number of rotatable bonds is 3. The highest BCUT2D eigenvalue weighted by Crippen LogP contribution is 2.60. The van der Waals surface area contributed by atoms with Crippen molar-refractivity contribution in [1.29, 1.82) is 0 Å². The fourth-order valence-electron chi connectivity index (χ4n) is 3.21. The quantitative estimate of drug-likeness (QED) is 0.798. The van der Waals surface area contributed by atoms with E-state index in [4.69, 9.17) is 0 Å². The van der Waals surface area contributed by atoms with Crippen LogP contribution in [0.1, 0.15) is 25.5 Å². The smallest absolute Gasteiger partial charge is 0.333 e. The molecule has 0 saturated carbocycles. The first-order valence-electron chi connectivity index (χ1n) is 6.63. The molecular weight excluding hydrogens is 292 g/mol. The lowest BCUT2D eigenvalue weighted by Crippen LogP contribution is -2.71. The zero-order valence-electron chi connectivity index (χ0n) is 11.7. The monoisotopic (exact) mass is 308 g/mol. The number of fused-ring (bicyclic) bond motifs is 1. The summed E-state index contributed by atoms with van der Waals surface area (Å²) in [5.74, 6) is -1.89. The van der Waals surface area contributed by atoms with Crippen LogP contribution in [0.4, 0.5) is 0 Å². The predicted octanol–water partition coefficient (Wildman–Crippen LogP) is 0.675. The molecule has 7 heteroatoms. The van der Waals surface area contributed by atoms with E-state index in [9.17, 15) is 19.8 Å². The Kier molecular flexibility index (Phi) is 3.04. The summed E-state index contributed by atoms with van der Waals surface area (Å²) in [5.41, 5.74) is -0.934. The van der Waals surface area contributed by atoms with Crippen LogP contribution in [0.15, 0.2) is 24.4 Å². The number of hydrogen-bond donors (Lipinski definition) is 2. The van der Waals surface area contributed by atoms with Gasteiger partial charge in [-0.2, -0.15) is 0 Å². The lowest BCUT2D eigenvalue weighted by Gasteiger charge is -2.48. The zero-order chi connectivity index (χ0) is 15.4. The Morgan fingerprint density at radius 1 is 1.48 bits per heavy atom. The van der Waals surface area contributed by atoms with E-state index in [0.717, 1.165) is 0 Å². The first kappa shape index (κ1) is 14.3. The molecule has 3 atom stereocenters. The second-order valence-electron chi connectivity index (χ2n) is 5.78. The average Bonchev–Trinajstić information content (AvgIpc) is 2.65. The van der Waals surface area contributed by atoms with Gasteiger partial charge in [-0.05, 0) is 26.0 Å². The second-order valence-corrected chi connectivity index (χ2v) is 7.52. The predicted molar refractivity (Wildman–Crippen MR) is 76.7 cm³/mol. The number of aromatic nitrogens is 1. The van der Waals surface area contributed by atoms with Crippen LogP contribution in [0.3, 0.4) is 0 Å². The third-order valence-corrected chi connectivity index (χ3v) is 6.11. The number of pyridine rings is 1. The summed E-state index contributed by atoms with van der Waals surface area (Å²) < 4.78 is -0.780. The number of carboxylic acid groups (broad SMARTS) is 1. The van der Waals surface area contributed by atoms with Gasteiger partial charge in [-0.3, -0.25) is 9.78 Å². The number of aliphatic hydroxyl groups excluding tert-OH is 1. The van der Waals surface area contributed by atoms with Gasteiger partial charge in [0.15, 0.2) is 5.54 Å². The highest BCUT2D eigenvalue weighted by molar-refractivity contribution is 8.01. The van der Waals surface area contributed by atoms with Gasteiger partial charge in [0.2, 0.25) is 5.91 Å². The first-order chi connectivity index (χ1) is 9.87. The third-order valence-electron chi connectivity index (χ3n) is 4.45. The van der Waals surface area contributed by atoms with Gasteiger partial charge in [0.25, 0.3) is 0 Å². The average molecular weight is 308 g/mol. The van der Waals surface area contributed by atoms with Gasteiger partial charge in [-0.25, -0.2) is 4.79 Å². The molecular formula is C14H16N2O4S. The van der Waals surface area contributed by atoms with E-state index in [-0.39, 0.29) is 11.3 Å². The standard InChI is InChI=1S/C14H16N2O4S/c1-13(2)14(7-17,12(19)20)16-10(18)9(11(16)21-13)8-5-3-4-6-15-8/h3-6,9,11,17H,7H2,1-2H3,(H,19,20)/t9-,11-,14+/m1/s1. The highest BCUT2D eigenvalue weighted by Gasteiger charge is 2.72. The topological polar surface area (TPSA) is 90.7 Å². The number of hydrogen-bond acceptors (Lipinski definition) is 5. The third kappa shape index (κ3) is 1.61. The Morgan fingerprint density at radius 3 is 2.71 bits per heavy atom. The molecule has 2 fully saturated rings. The number of nitrogens with zero attached hydrogens (tertiary/aromatic N) is 2. The summed E-state index contributed by atoms with van der Waals surface area (Å²) in [5, 5.41) is 19.0. The molecule has 6 nitrogen and oxygen atoms in total. The van der Waals surface area contributed by atoms with Crippen LogP contribution >= 0.6 is 11.8 Å². The fraction of sp³-hybridized carbons (Fsp3) is 0.500. The maximum atomic E-state index is 12.5. The van der Waals surface area contributed by atoms with Crippen LogP contribution < -0.4 is 0 Å². The molecule has 112 valence electrons. The maximum Gasteiger partial charge on any atom is 0.333 e. The largest absolute Gasteiger partial charge is 0.479 e. The minimum Gasteiger partial charge on any atom is -0.479 e. The Balaban J connectivity index is 2.03. The molecule has 2 aliphatic rings. The summed E-state index contributed by atoms with van der Waals surface area (Å²) in [6.45, 7) is 2.91. The Labute approximate surface area is 126 Å². The normalized spacial score (nSPS) is 33.5. The second kappa shape index (κ2) is 4.45. The van der Waals surface area contributed by atoms with Gasteiger partial charge in [-0.1, -0.05) is 6.07 Å². The molecule has 0 unspecified atom stereocenters. The number of thioether (sulfide) groups is 1. The van der Waals surface area contributed by atoms with E-state index in [1.807, 2.05) is 0 Å². The van der Waals surface area contributed by atoms with E-state index in [1.165, 1.54) is 16.7 Å². The SMILES string of the molecule is CC1(C)S[C@@H]2[C@H](c3ccccn3)C(=O)N2[C@@]1(CO)C(=O)O. The van der Waals surface area contributed by atoms with Crippen molar-refractivity contribution in [2.24, 2.45) is 0 Å². The maximum absolute atomic E-state index is 12.5. The lowest BCUT2D eigenvalue weighted by atomic mass is 9.79. The van der Waals surface area contributed by atoms with Gasteiger partial charge < -0.3 is 15.1 Å². The zero-order valence-corrected chi connectivity index (χ0v) is 12.5. The Morgan fingerprint density at radius 2 is 2.19 bits per heavy atom. The summed E-state index contributed by atoms with van der Waals surface area (Å²) in [6, 6.07) is 5.35. The minimum atomic E-state index is -1.58. The number of carboxylic acids is 1. The number of carbonyl (C=O) groups is 2. The summed E-state index contributed by atoms with van der Waals surface area (Å²) in [6.07, 6.45) is 1.62. The molecule has 2 aliphatic heterocycles. The highest BCUT2D eigenvalue weighted by atomic mass is 32.2. The van der Waals surface area contributed by atoms with Crippen molar-refractivity contribution in [3.63, 3.8) is 0 Å². The van der Waals surface area contributed by atoms with E-state index in [2.05, 4.69) is 4.98 Å². The van der Waals surface area contributed by atoms with E-state index >= 15 is 0 Å². The number of amides is 1. The van der Waals surface area contributed by atoms with Gasteiger partial charge in [0, 0.05) is 10.9 Å². The lowest BCUT2D eigenvalue weighted by molar-refractivity contribution is -0.174. The van der Waals surface area contributed by atoms with Gasteiger partial charge in [-0.15, -0.1) is 11.8 Å². The molecule has 0 bridgehead atoms. The number of aliphatic hydroxyl groups is 1. The molecule has 2 saturated heterocycles. The number of aliphatic carboxylic acids is 1. The van der Waals surface area contributed by atoms with Crippen LogP contribution in [0.5, 0.6) is 0 Å². The van der Waals surface area contributed by atoms with E-state index in [0.29, 0.717) is 5.69 Å². The molecule has 1 amide bonds. The fourth-order valence-corrected chi connectivity index (χ4v) is 5.04. The number of carbonyl (C=O) groups excluding carboxylic acids is 1. The van der Waals surface area contributed by atoms with E-state index in [1.54, 1.807) is 38.2 Å². The van der Waals surface area contributed by atoms with Crippen LogP contribution in [0.25, 0.3) is 0 Å². The Bertz CT molecular complexity index is 606. The minimum absolute atomic E-state index is 0.284. The van der Waals surface area contributed by atoms with Gasteiger partial charge in [0.05, 0.1) is 17.7 Å². The van der Waals surface area contributed by atoms with Crippen molar-refractivity contribution >= 4 is 23.6 Å². The first-order valence-corrected chi connectivity index (χ1v) is 7.51. The molecule has 1 aromatic rings. The molecule has 0 radical (unpaired) electrons. The molecule has 2 N–H and O–H groups in total. The van der Waals surface area contributed by atoms with E-state index < -0.39 is 28.8 Å². The molecule has 0 aliphatic carbocycles. The summed E-state index contributed by atoms with van der Waals surface area (Å²) in [4.78, 5) is 29.8. The Hall–Kier alpha value is -1.60. The van der Waals surface area contributed by atoms with Crippen molar-refractivity contribution in [3.05, 3.63) is 30.1 Å². The van der Waals surface area contributed by atoms with Crippen molar-refractivity contribution in [3.8, 4) is 0 Å². The van der Waals surface area contributed by atoms with Crippen molar-refractivity contribution in [2.45, 2.75) is 35.4 Å². The van der Waals surface area contributed by atoms with Crippen molar-refractivity contribution in [1.82, 2.24) is 9.88 Å². The molecule has 1 aromatic heterocycles. The number of β-lactam (4-membered cyclic amide) rings is 1. The molecule has 3 heterocycles. The summed E-state index contributed by atoms with van der Waals surface area (Å²) in [7, 11) is 0.